The number of anilines is 1. The molecule has 0 spiro atoms. The van der Waals surface area contributed by atoms with E-state index in [0.29, 0.717) is 6.04 Å². The maximum absolute atomic E-state index is 4.61. The number of rotatable bonds is 5. The van der Waals surface area contributed by atoms with E-state index in [2.05, 4.69) is 41.2 Å². The van der Waals surface area contributed by atoms with Gasteiger partial charge in [-0.3, -0.25) is 0 Å². The molecule has 2 heterocycles. The van der Waals surface area contributed by atoms with Gasteiger partial charge in [0.15, 0.2) is 0 Å². The number of aromatic nitrogens is 1. The van der Waals surface area contributed by atoms with Crippen molar-refractivity contribution in [2.75, 3.05) is 29.5 Å². The minimum absolute atomic E-state index is 0.598. The van der Waals surface area contributed by atoms with Gasteiger partial charge in [0.1, 0.15) is 5.82 Å². The van der Waals surface area contributed by atoms with Gasteiger partial charge in [-0.2, -0.15) is 11.8 Å². The largest absolute Gasteiger partial charge is 0.352 e. The Bertz CT molecular complexity index is 353. The first-order valence-electron chi connectivity index (χ1n) is 6.81. The van der Waals surface area contributed by atoms with E-state index in [0.717, 1.165) is 25.5 Å². The molecule has 1 atom stereocenters. The van der Waals surface area contributed by atoms with Crippen molar-refractivity contribution in [3.63, 3.8) is 0 Å². The van der Waals surface area contributed by atoms with Gasteiger partial charge in [-0.1, -0.05) is 13.0 Å². The summed E-state index contributed by atoms with van der Waals surface area (Å²) < 4.78 is 0. The summed E-state index contributed by atoms with van der Waals surface area (Å²) in [4.78, 5) is 7.02. The van der Waals surface area contributed by atoms with E-state index in [1.54, 1.807) is 0 Å². The summed E-state index contributed by atoms with van der Waals surface area (Å²) in [5, 5.41) is 3.40. The molecule has 100 valence electrons. The highest BCUT2D eigenvalue weighted by Crippen LogP contribution is 2.22. The van der Waals surface area contributed by atoms with Crippen LogP contribution in [-0.2, 0) is 6.54 Å². The van der Waals surface area contributed by atoms with Crippen molar-refractivity contribution in [3.8, 4) is 0 Å². The molecule has 4 heteroatoms. The Morgan fingerprint density at radius 1 is 1.50 bits per heavy atom. The molecule has 1 fully saturated rings. The van der Waals surface area contributed by atoms with Crippen LogP contribution < -0.4 is 10.2 Å². The van der Waals surface area contributed by atoms with Gasteiger partial charge in [0.05, 0.1) is 0 Å². The van der Waals surface area contributed by atoms with Gasteiger partial charge in [0.25, 0.3) is 0 Å². The Balaban J connectivity index is 1.94. The average molecular weight is 265 g/mol. The van der Waals surface area contributed by atoms with Gasteiger partial charge in [0, 0.05) is 36.8 Å². The standard InChI is InChI=1S/C14H23N3S/c1-3-6-15-9-13-4-5-14(16-10-13)17-7-8-18-11-12(17)2/h4-5,10,12,15H,3,6-9,11H2,1-2H3. The zero-order valence-electron chi connectivity index (χ0n) is 11.4. The lowest BCUT2D eigenvalue weighted by atomic mass is 10.2. The van der Waals surface area contributed by atoms with Crippen LogP contribution in [0.1, 0.15) is 25.8 Å². The fourth-order valence-electron chi connectivity index (χ4n) is 2.17. The van der Waals surface area contributed by atoms with Crippen LogP contribution >= 0.6 is 11.8 Å². The molecule has 0 radical (unpaired) electrons. The third-order valence-electron chi connectivity index (χ3n) is 3.23. The summed E-state index contributed by atoms with van der Waals surface area (Å²) in [5.41, 5.74) is 1.27. The lowest BCUT2D eigenvalue weighted by Gasteiger charge is -2.34. The van der Waals surface area contributed by atoms with E-state index in [1.165, 1.54) is 23.5 Å². The van der Waals surface area contributed by atoms with E-state index < -0.39 is 0 Å². The molecule has 1 aromatic rings. The van der Waals surface area contributed by atoms with Crippen LogP contribution in [0.2, 0.25) is 0 Å². The topological polar surface area (TPSA) is 28.2 Å². The molecule has 1 aliphatic heterocycles. The SMILES string of the molecule is CCCNCc1ccc(N2CCSCC2C)nc1. The first kappa shape index (κ1) is 13.7. The van der Waals surface area contributed by atoms with Crippen molar-refractivity contribution in [2.45, 2.75) is 32.9 Å². The van der Waals surface area contributed by atoms with Gasteiger partial charge in [0.2, 0.25) is 0 Å². The minimum atomic E-state index is 0.598. The Morgan fingerprint density at radius 2 is 2.39 bits per heavy atom. The van der Waals surface area contributed by atoms with Gasteiger partial charge < -0.3 is 10.2 Å². The number of thioether (sulfide) groups is 1. The molecule has 1 saturated heterocycles. The van der Waals surface area contributed by atoms with Crippen molar-refractivity contribution < 1.29 is 0 Å². The zero-order valence-corrected chi connectivity index (χ0v) is 12.2. The number of nitrogens with one attached hydrogen (secondary N) is 1. The molecule has 0 amide bonds. The second-order valence-corrected chi connectivity index (χ2v) is 5.97. The molecule has 0 aliphatic carbocycles. The van der Waals surface area contributed by atoms with Crippen LogP contribution in [0.5, 0.6) is 0 Å². The number of pyridine rings is 1. The first-order chi connectivity index (χ1) is 8.81. The van der Waals surface area contributed by atoms with Crippen LogP contribution in [0, 0.1) is 0 Å². The second kappa shape index (κ2) is 7.00. The van der Waals surface area contributed by atoms with Gasteiger partial charge in [-0.15, -0.1) is 0 Å². The van der Waals surface area contributed by atoms with Crippen molar-refractivity contribution in [2.24, 2.45) is 0 Å². The van der Waals surface area contributed by atoms with Crippen LogP contribution in [-0.4, -0.2) is 35.6 Å². The first-order valence-corrected chi connectivity index (χ1v) is 7.96. The van der Waals surface area contributed by atoms with E-state index in [1.807, 2.05) is 18.0 Å². The lowest BCUT2D eigenvalue weighted by molar-refractivity contribution is 0.670. The van der Waals surface area contributed by atoms with Crippen molar-refractivity contribution in [1.29, 1.82) is 0 Å². The monoisotopic (exact) mass is 265 g/mol. The molecule has 3 nitrogen and oxygen atoms in total. The highest BCUT2D eigenvalue weighted by molar-refractivity contribution is 7.99. The van der Waals surface area contributed by atoms with Crippen molar-refractivity contribution in [3.05, 3.63) is 23.9 Å². The average Bonchev–Trinajstić information content (AvgIpc) is 2.41. The summed E-state index contributed by atoms with van der Waals surface area (Å²) in [7, 11) is 0. The van der Waals surface area contributed by atoms with Crippen molar-refractivity contribution >= 4 is 17.6 Å². The molecular weight excluding hydrogens is 242 g/mol. The Labute approximate surface area is 114 Å². The highest BCUT2D eigenvalue weighted by atomic mass is 32.2. The Morgan fingerprint density at radius 3 is 3.06 bits per heavy atom. The summed E-state index contributed by atoms with van der Waals surface area (Å²) >= 11 is 2.04. The van der Waals surface area contributed by atoms with E-state index in [9.17, 15) is 0 Å². The summed E-state index contributed by atoms with van der Waals surface area (Å²) in [6, 6.07) is 4.95. The molecule has 0 saturated carbocycles. The molecule has 2 rings (SSSR count). The minimum Gasteiger partial charge on any atom is -0.352 e. The maximum Gasteiger partial charge on any atom is 0.128 e. The third-order valence-corrected chi connectivity index (χ3v) is 4.42. The lowest BCUT2D eigenvalue weighted by Crippen LogP contribution is -2.40. The van der Waals surface area contributed by atoms with Crippen LogP contribution in [0.25, 0.3) is 0 Å². The molecule has 1 N–H and O–H groups in total. The zero-order chi connectivity index (χ0) is 12.8. The quantitative estimate of drug-likeness (QED) is 0.828. The fraction of sp³-hybridized carbons (Fsp3) is 0.643. The predicted octanol–water partition coefficient (Wildman–Crippen LogP) is 2.52. The van der Waals surface area contributed by atoms with Gasteiger partial charge >= 0.3 is 0 Å². The number of hydrogen-bond donors (Lipinski definition) is 1. The smallest absolute Gasteiger partial charge is 0.128 e. The maximum atomic E-state index is 4.61. The van der Waals surface area contributed by atoms with Crippen LogP contribution in [0.4, 0.5) is 5.82 Å². The van der Waals surface area contributed by atoms with Crippen molar-refractivity contribution in [1.82, 2.24) is 10.3 Å². The number of hydrogen-bond acceptors (Lipinski definition) is 4. The molecule has 0 aromatic carbocycles. The normalized spacial score (nSPS) is 20.1. The number of nitrogens with zero attached hydrogens (tertiary/aromatic N) is 2. The fourth-order valence-corrected chi connectivity index (χ4v) is 3.18. The van der Waals surface area contributed by atoms with Gasteiger partial charge in [-0.05, 0) is 31.5 Å². The van der Waals surface area contributed by atoms with E-state index >= 15 is 0 Å². The molecule has 0 bridgehead atoms. The summed E-state index contributed by atoms with van der Waals surface area (Å²) in [5.74, 6) is 3.55. The molecule has 1 aromatic heterocycles. The highest BCUT2D eigenvalue weighted by Gasteiger charge is 2.19. The van der Waals surface area contributed by atoms with E-state index in [4.69, 9.17) is 0 Å². The van der Waals surface area contributed by atoms with E-state index in [-0.39, 0.29) is 0 Å². The molecule has 18 heavy (non-hydrogen) atoms. The summed E-state index contributed by atoms with van der Waals surface area (Å²) in [6.07, 6.45) is 3.18. The van der Waals surface area contributed by atoms with Crippen LogP contribution in [0.15, 0.2) is 18.3 Å². The second-order valence-electron chi connectivity index (χ2n) is 4.82. The van der Waals surface area contributed by atoms with Gasteiger partial charge in [-0.25, -0.2) is 4.98 Å². The summed E-state index contributed by atoms with van der Waals surface area (Å²) in [6.45, 7) is 7.58. The Hall–Kier alpha value is -0.740. The molecule has 1 unspecified atom stereocenters. The molecular formula is C14H23N3S. The Kier molecular flexibility index (Phi) is 5.32. The van der Waals surface area contributed by atoms with Crippen LogP contribution in [0.3, 0.4) is 0 Å². The third kappa shape index (κ3) is 3.62. The molecule has 1 aliphatic rings. The predicted molar refractivity (Wildman–Crippen MR) is 80.4 cm³/mol.